The van der Waals surface area contributed by atoms with Gasteiger partial charge in [-0.05, 0) is 13.8 Å². The van der Waals surface area contributed by atoms with Crippen molar-refractivity contribution < 1.29 is 9.63 Å². The van der Waals surface area contributed by atoms with Crippen molar-refractivity contribution in [1.29, 1.82) is 0 Å². The summed E-state index contributed by atoms with van der Waals surface area (Å²) in [5, 5.41) is 0. The van der Waals surface area contributed by atoms with Crippen LogP contribution in [-0.4, -0.2) is 11.5 Å². The lowest BCUT2D eigenvalue weighted by Crippen LogP contribution is -2.10. The fourth-order valence-corrected chi connectivity index (χ4v) is 0.604. The Morgan fingerprint density at radius 3 is 2.67 bits per heavy atom. The Bertz CT molecular complexity index is 129. The van der Waals surface area contributed by atoms with E-state index in [1.54, 1.807) is 6.92 Å². The van der Waals surface area contributed by atoms with E-state index in [9.17, 15) is 4.79 Å². The van der Waals surface area contributed by atoms with Crippen molar-refractivity contribution >= 4 is 5.78 Å². The van der Waals surface area contributed by atoms with E-state index >= 15 is 0 Å². The van der Waals surface area contributed by atoms with Crippen LogP contribution in [0.25, 0.3) is 0 Å². The summed E-state index contributed by atoms with van der Waals surface area (Å²) in [4.78, 5) is 15.3. The molecule has 0 aromatic heterocycles. The molecule has 0 aromatic rings. The van der Waals surface area contributed by atoms with Crippen molar-refractivity contribution in [3.8, 4) is 0 Å². The molecule has 1 N–H and O–H groups in total. The minimum Gasteiger partial charge on any atom is -0.300 e. The second-order valence-corrected chi connectivity index (χ2v) is 2.64. The van der Waals surface area contributed by atoms with Crippen LogP contribution in [0.1, 0.15) is 26.7 Å². The van der Waals surface area contributed by atoms with Gasteiger partial charge in [0.2, 0.25) is 0 Å². The average Bonchev–Trinajstić information content (AvgIpc) is 2.45. The SMILES string of the molecule is CC(=O)CCC1(C)NO1. The summed E-state index contributed by atoms with van der Waals surface area (Å²) in [7, 11) is 0. The quantitative estimate of drug-likeness (QED) is 0.568. The van der Waals surface area contributed by atoms with E-state index in [2.05, 4.69) is 5.48 Å². The van der Waals surface area contributed by atoms with Gasteiger partial charge in [0, 0.05) is 12.8 Å². The summed E-state index contributed by atoms with van der Waals surface area (Å²) in [6, 6.07) is 0. The number of rotatable bonds is 3. The van der Waals surface area contributed by atoms with Crippen molar-refractivity contribution in [2.75, 3.05) is 0 Å². The van der Waals surface area contributed by atoms with E-state index in [1.165, 1.54) is 0 Å². The standard InChI is InChI=1S/C6H11NO2/c1-5(8)3-4-6(2)7-9-6/h7H,3-4H2,1-2H3. The molecule has 0 aliphatic carbocycles. The molecule has 1 atom stereocenters. The van der Waals surface area contributed by atoms with Crippen molar-refractivity contribution in [2.24, 2.45) is 0 Å². The fraction of sp³-hybridized carbons (Fsp3) is 0.833. The van der Waals surface area contributed by atoms with E-state index < -0.39 is 0 Å². The second-order valence-electron chi connectivity index (χ2n) is 2.64. The number of carbonyl (C=O) groups is 1. The van der Waals surface area contributed by atoms with Crippen LogP contribution >= 0.6 is 0 Å². The Labute approximate surface area is 54.3 Å². The molecule has 52 valence electrons. The number of carbonyl (C=O) groups excluding carboxylic acids is 1. The Kier molecular flexibility index (Phi) is 1.55. The minimum absolute atomic E-state index is 0.189. The minimum atomic E-state index is -0.189. The van der Waals surface area contributed by atoms with Gasteiger partial charge in [0.25, 0.3) is 0 Å². The summed E-state index contributed by atoms with van der Waals surface area (Å²) in [5.41, 5.74) is 2.53. The lowest BCUT2D eigenvalue weighted by atomic mass is 10.1. The third-order valence-corrected chi connectivity index (χ3v) is 1.40. The normalized spacial score (nSPS) is 32.2. The molecule has 1 heterocycles. The highest BCUT2D eigenvalue weighted by molar-refractivity contribution is 5.75. The molecule has 9 heavy (non-hydrogen) atoms. The molecular formula is C6H11NO2. The monoisotopic (exact) mass is 129 g/mol. The number of hydrogen-bond donors (Lipinski definition) is 1. The zero-order valence-electron chi connectivity index (χ0n) is 5.73. The van der Waals surface area contributed by atoms with Gasteiger partial charge < -0.3 is 4.79 Å². The van der Waals surface area contributed by atoms with Gasteiger partial charge in [0.1, 0.15) is 5.78 Å². The van der Waals surface area contributed by atoms with E-state index in [0.29, 0.717) is 6.42 Å². The number of hydrogen-bond acceptors (Lipinski definition) is 3. The van der Waals surface area contributed by atoms with Gasteiger partial charge in [0.05, 0.1) is 0 Å². The number of Topliss-reactive ketones (excluding diaryl/α,β-unsaturated/α-hetero) is 1. The van der Waals surface area contributed by atoms with E-state index in [-0.39, 0.29) is 11.5 Å². The lowest BCUT2D eigenvalue weighted by molar-refractivity contribution is -0.117. The zero-order valence-corrected chi connectivity index (χ0v) is 5.73. The molecule has 1 saturated heterocycles. The van der Waals surface area contributed by atoms with Gasteiger partial charge in [-0.25, -0.2) is 0 Å². The molecule has 0 amide bonds. The molecule has 3 nitrogen and oxygen atoms in total. The van der Waals surface area contributed by atoms with Crippen LogP contribution < -0.4 is 5.48 Å². The third kappa shape index (κ3) is 2.11. The summed E-state index contributed by atoms with van der Waals surface area (Å²) >= 11 is 0. The third-order valence-electron chi connectivity index (χ3n) is 1.40. The molecular weight excluding hydrogens is 118 g/mol. The number of ketones is 1. The Balaban J connectivity index is 2.12. The summed E-state index contributed by atoms with van der Waals surface area (Å²) in [5.74, 6) is 0.216. The highest BCUT2D eigenvalue weighted by Gasteiger charge is 2.38. The predicted octanol–water partition coefficient (Wildman–Crippen LogP) is 0.607. The number of nitrogens with one attached hydrogen (secondary N) is 1. The average molecular weight is 129 g/mol. The van der Waals surface area contributed by atoms with Crippen molar-refractivity contribution in [1.82, 2.24) is 5.48 Å². The van der Waals surface area contributed by atoms with Gasteiger partial charge in [-0.15, -0.1) is 0 Å². The first-order chi connectivity index (χ1) is 4.12. The van der Waals surface area contributed by atoms with Gasteiger partial charge >= 0.3 is 0 Å². The van der Waals surface area contributed by atoms with E-state index in [1.807, 2.05) is 6.92 Å². The van der Waals surface area contributed by atoms with Crippen LogP contribution in [0, 0.1) is 0 Å². The topological polar surface area (TPSA) is 51.5 Å². The Morgan fingerprint density at radius 1 is 1.78 bits per heavy atom. The first-order valence-electron chi connectivity index (χ1n) is 3.07. The smallest absolute Gasteiger partial charge is 0.159 e. The van der Waals surface area contributed by atoms with Crippen molar-refractivity contribution in [3.05, 3.63) is 0 Å². The van der Waals surface area contributed by atoms with Crippen LogP contribution in [0.5, 0.6) is 0 Å². The summed E-state index contributed by atoms with van der Waals surface area (Å²) < 4.78 is 0. The van der Waals surface area contributed by atoms with E-state index in [4.69, 9.17) is 4.84 Å². The van der Waals surface area contributed by atoms with Crippen LogP contribution in [0.3, 0.4) is 0 Å². The Morgan fingerprint density at radius 2 is 2.33 bits per heavy atom. The maximum Gasteiger partial charge on any atom is 0.159 e. The van der Waals surface area contributed by atoms with Gasteiger partial charge in [-0.2, -0.15) is 5.48 Å². The molecule has 1 unspecified atom stereocenters. The molecule has 0 bridgehead atoms. The lowest BCUT2D eigenvalue weighted by Gasteiger charge is -1.97. The molecule has 1 rings (SSSR count). The molecule has 1 fully saturated rings. The van der Waals surface area contributed by atoms with Gasteiger partial charge in [0.15, 0.2) is 5.72 Å². The zero-order chi connectivity index (χ0) is 6.91. The van der Waals surface area contributed by atoms with Gasteiger partial charge in [-0.3, -0.25) is 4.84 Å². The highest BCUT2D eigenvalue weighted by atomic mass is 16.8. The van der Waals surface area contributed by atoms with Crippen LogP contribution in [0.4, 0.5) is 0 Å². The van der Waals surface area contributed by atoms with Crippen LogP contribution in [-0.2, 0) is 9.63 Å². The largest absolute Gasteiger partial charge is 0.300 e. The molecule has 1 aliphatic rings. The second kappa shape index (κ2) is 2.08. The van der Waals surface area contributed by atoms with E-state index in [0.717, 1.165) is 6.42 Å². The highest BCUT2D eigenvalue weighted by Crippen LogP contribution is 2.23. The molecule has 0 radical (unpaired) electrons. The van der Waals surface area contributed by atoms with Crippen LogP contribution in [0.2, 0.25) is 0 Å². The molecule has 0 aromatic carbocycles. The van der Waals surface area contributed by atoms with Crippen molar-refractivity contribution in [2.45, 2.75) is 32.4 Å². The van der Waals surface area contributed by atoms with Crippen LogP contribution in [0.15, 0.2) is 0 Å². The predicted molar refractivity (Wildman–Crippen MR) is 32.5 cm³/mol. The Hall–Kier alpha value is -0.410. The first-order valence-corrected chi connectivity index (χ1v) is 3.07. The molecule has 3 heteroatoms. The van der Waals surface area contributed by atoms with Crippen molar-refractivity contribution in [3.63, 3.8) is 0 Å². The maximum absolute atomic E-state index is 10.4. The summed E-state index contributed by atoms with van der Waals surface area (Å²) in [6.07, 6.45) is 1.38. The van der Waals surface area contributed by atoms with Gasteiger partial charge in [-0.1, -0.05) is 0 Å². The maximum atomic E-state index is 10.4. The fourth-order valence-electron chi connectivity index (χ4n) is 0.604. The summed E-state index contributed by atoms with van der Waals surface area (Å²) in [6.45, 7) is 3.52. The number of hydroxylamine groups is 1. The molecule has 0 saturated carbocycles. The molecule has 0 spiro atoms. The molecule has 1 aliphatic heterocycles. The first kappa shape index (κ1) is 6.71.